The van der Waals surface area contributed by atoms with Crippen LogP contribution in [0.1, 0.15) is 19.3 Å². The Balaban J connectivity index is 0.000000500. The monoisotopic (exact) mass is 161 g/mol. The van der Waals surface area contributed by atoms with E-state index in [9.17, 15) is 4.79 Å². The standard InChI is InChI=1S/C7H11NO.ClH/c8-6-2-5-1-4(6)3-7(5)9;/h4-6H,1-3,8H2;1H/t4-,5-,6-;/m1./s1. The summed E-state index contributed by atoms with van der Waals surface area (Å²) in [5, 5.41) is 0. The highest BCUT2D eigenvalue weighted by molar-refractivity contribution is 5.85. The highest BCUT2D eigenvalue weighted by atomic mass is 35.5. The smallest absolute Gasteiger partial charge is 0.136 e. The molecule has 0 aromatic heterocycles. The Bertz CT molecular complexity index is 158. The van der Waals surface area contributed by atoms with Crippen molar-refractivity contribution in [3.05, 3.63) is 0 Å². The molecule has 0 aromatic carbocycles. The summed E-state index contributed by atoms with van der Waals surface area (Å²) >= 11 is 0. The molecule has 10 heavy (non-hydrogen) atoms. The molecule has 58 valence electrons. The molecule has 0 radical (unpaired) electrons. The molecule has 2 aliphatic carbocycles. The van der Waals surface area contributed by atoms with Crippen molar-refractivity contribution in [3.8, 4) is 0 Å². The Morgan fingerprint density at radius 3 is 2.40 bits per heavy atom. The maximum absolute atomic E-state index is 10.9. The normalized spacial score (nSPS) is 43.7. The molecule has 0 aliphatic heterocycles. The van der Waals surface area contributed by atoms with Gasteiger partial charge >= 0.3 is 0 Å². The largest absolute Gasteiger partial charge is 0.327 e. The molecule has 0 saturated heterocycles. The first-order chi connectivity index (χ1) is 4.27. The first-order valence-electron chi connectivity index (χ1n) is 3.55. The summed E-state index contributed by atoms with van der Waals surface area (Å²) in [5.41, 5.74) is 5.73. The highest BCUT2D eigenvalue weighted by Gasteiger charge is 2.43. The lowest BCUT2D eigenvalue weighted by Crippen LogP contribution is -2.29. The third-order valence-electron chi connectivity index (χ3n) is 2.67. The van der Waals surface area contributed by atoms with Crippen LogP contribution in [-0.4, -0.2) is 11.8 Å². The summed E-state index contributed by atoms with van der Waals surface area (Å²) in [5.74, 6) is 1.36. The van der Waals surface area contributed by atoms with Crippen LogP contribution in [0.2, 0.25) is 0 Å². The number of carbonyl (C=O) groups excluding carboxylic acids is 1. The van der Waals surface area contributed by atoms with Crippen molar-refractivity contribution in [2.24, 2.45) is 17.6 Å². The number of Topliss-reactive ketones (excluding diaryl/α,β-unsaturated/α-hetero) is 1. The number of hydrogen-bond acceptors (Lipinski definition) is 2. The molecule has 0 heterocycles. The summed E-state index contributed by atoms with van der Waals surface area (Å²) in [7, 11) is 0. The maximum atomic E-state index is 10.9. The molecule has 2 fully saturated rings. The number of rotatable bonds is 0. The molecule has 2 N–H and O–H groups in total. The van der Waals surface area contributed by atoms with Crippen molar-refractivity contribution in [2.45, 2.75) is 25.3 Å². The van der Waals surface area contributed by atoms with Crippen molar-refractivity contribution in [3.63, 3.8) is 0 Å². The molecule has 2 nitrogen and oxygen atoms in total. The van der Waals surface area contributed by atoms with Gasteiger partial charge in [-0.15, -0.1) is 12.4 Å². The molecule has 2 aliphatic rings. The van der Waals surface area contributed by atoms with Gasteiger partial charge in [-0.2, -0.15) is 0 Å². The Hall–Kier alpha value is -0.0800. The minimum atomic E-state index is 0. The zero-order valence-electron chi connectivity index (χ0n) is 5.75. The highest BCUT2D eigenvalue weighted by Crippen LogP contribution is 2.40. The fourth-order valence-electron chi connectivity index (χ4n) is 2.08. The van der Waals surface area contributed by atoms with Crippen LogP contribution in [0.15, 0.2) is 0 Å². The van der Waals surface area contributed by atoms with Gasteiger partial charge in [0.15, 0.2) is 0 Å². The average Bonchev–Trinajstić information content (AvgIpc) is 2.24. The van der Waals surface area contributed by atoms with Crippen LogP contribution in [-0.2, 0) is 4.79 Å². The van der Waals surface area contributed by atoms with Crippen molar-refractivity contribution in [1.82, 2.24) is 0 Å². The summed E-state index contributed by atoms with van der Waals surface area (Å²) < 4.78 is 0. The second kappa shape index (κ2) is 2.51. The number of fused-ring (bicyclic) bond motifs is 2. The van der Waals surface area contributed by atoms with E-state index in [1.54, 1.807) is 0 Å². The van der Waals surface area contributed by atoms with Crippen LogP contribution >= 0.6 is 12.4 Å². The average molecular weight is 162 g/mol. The topological polar surface area (TPSA) is 43.1 Å². The Morgan fingerprint density at radius 1 is 1.40 bits per heavy atom. The second-order valence-corrected chi connectivity index (χ2v) is 3.26. The molecule has 2 bridgehead atoms. The molecule has 0 aromatic rings. The number of ketones is 1. The lowest BCUT2D eigenvalue weighted by Gasteiger charge is -2.14. The molecule has 3 heteroatoms. The van der Waals surface area contributed by atoms with E-state index in [-0.39, 0.29) is 12.4 Å². The van der Waals surface area contributed by atoms with Crippen molar-refractivity contribution in [2.75, 3.05) is 0 Å². The molecule has 3 atom stereocenters. The summed E-state index contributed by atoms with van der Waals surface area (Å²) in [4.78, 5) is 10.9. The van der Waals surface area contributed by atoms with E-state index in [4.69, 9.17) is 5.73 Å². The maximum Gasteiger partial charge on any atom is 0.136 e. The van der Waals surface area contributed by atoms with E-state index < -0.39 is 0 Å². The first kappa shape index (κ1) is 8.02. The summed E-state index contributed by atoms with van der Waals surface area (Å²) in [6.45, 7) is 0. The molecule has 0 amide bonds. The van der Waals surface area contributed by atoms with Crippen molar-refractivity contribution >= 4 is 18.2 Å². The van der Waals surface area contributed by atoms with Gasteiger partial charge in [0, 0.05) is 18.4 Å². The Labute approximate surface area is 66.6 Å². The van der Waals surface area contributed by atoms with E-state index in [0.717, 1.165) is 19.3 Å². The third kappa shape index (κ3) is 0.956. The number of nitrogens with two attached hydrogens (primary N) is 1. The van der Waals surface area contributed by atoms with Crippen LogP contribution in [0, 0.1) is 11.8 Å². The lowest BCUT2D eigenvalue weighted by atomic mass is 9.95. The number of hydrogen-bond donors (Lipinski definition) is 1. The third-order valence-corrected chi connectivity index (χ3v) is 2.67. The van der Waals surface area contributed by atoms with Crippen LogP contribution in [0.5, 0.6) is 0 Å². The van der Waals surface area contributed by atoms with Crippen molar-refractivity contribution in [1.29, 1.82) is 0 Å². The van der Waals surface area contributed by atoms with E-state index in [0.29, 0.717) is 23.7 Å². The van der Waals surface area contributed by atoms with Gasteiger partial charge in [-0.1, -0.05) is 0 Å². The van der Waals surface area contributed by atoms with Gasteiger partial charge in [-0.05, 0) is 18.8 Å². The SMILES string of the molecule is Cl.N[C@@H]1C[C@H]2C[C@@H]1CC2=O. The summed E-state index contributed by atoms with van der Waals surface area (Å²) in [6, 6.07) is 0.340. The quantitative estimate of drug-likeness (QED) is 0.570. The second-order valence-electron chi connectivity index (χ2n) is 3.26. The molecule has 2 rings (SSSR count). The van der Waals surface area contributed by atoms with Crippen LogP contribution in [0.25, 0.3) is 0 Å². The van der Waals surface area contributed by atoms with Gasteiger partial charge in [-0.3, -0.25) is 4.79 Å². The summed E-state index contributed by atoms with van der Waals surface area (Å²) in [6.07, 6.45) is 2.81. The van der Waals surface area contributed by atoms with Gasteiger partial charge in [0.1, 0.15) is 5.78 Å². The van der Waals surface area contributed by atoms with E-state index in [1.165, 1.54) is 0 Å². The zero-order valence-corrected chi connectivity index (χ0v) is 6.56. The number of carbonyl (C=O) groups is 1. The van der Waals surface area contributed by atoms with E-state index in [1.807, 2.05) is 0 Å². The van der Waals surface area contributed by atoms with Gasteiger partial charge in [0.2, 0.25) is 0 Å². The van der Waals surface area contributed by atoms with Crippen molar-refractivity contribution < 1.29 is 4.79 Å². The van der Waals surface area contributed by atoms with Gasteiger partial charge in [-0.25, -0.2) is 0 Å². The first-order valence-corrected chi connectivity index (χ1v) is 3.55. The predicted octanol–water partition coefficient (Wildman–Crippen LogP) is 0.734. The molecule has 2 saturated carbocycles. The van der Waals surface area contributed by atoms with Gasteiger partial charge < -0.3 is 5.73 Å². The molecule has 0 unspecified atom stereocenters. The molecular weight excluding hydrogens is 150 g/mol. The fraction of sp³-hybridized carbons (Fsp3) is 0.857. The predicted molar refractivity (Wildman–Crippen MR) is 41.1 cm³/mol. The minimum Gasteiger partial charge on any atom is -0.327 e. The zero-order chi connectivity index (χ0) is 6.43. The lowest BCUT2D eigenvalue weighted by molar-refractivity contribution is -0.121. The number of halogens is 1. The van der Waals surface area contributed by atoms with E-state index >= 15 is 0 Å². The van der Waals surface area contributed by atoms with Crippen LogP contribution in [0.3, 0.4) is 0 Å². The molecule has 0 spiro atoms. The van der Waals surface area contributed by atoms with Gasteiger partial charge in [0.05, 0.1) is 0 Å². The van der Waals surface area contributed by atoms with Crippen LogP contribution < -0.4 is 5.73 Å². The van der Waals surface area contributed by atoms with Gasteiger partial charge in [0.25, 0.3) is 0 Å². The Kier molecular flexibility index (Phi) is 2.02. The Morgan fingerprint density at radius 2 is 2.10 bits per heavy atom. The van der Waals surface area contributed by atoms with E-state index in [2.05, 4.69) is 0 Å². The minimum absolute atomic E-state index is 0. The molecular formula is C7H12ClNO. The fourth-order valence-corrected chi connectivity index (χ4v) is 2.08. The van der Waals surface area contributed by atoms with Crippen LogP contribution in [0.4, 0.5) is 0 Å².